The number of carbonyl (C=O) groups excluding carboxylic acids is 1. The molecule has 4 heterocycles. The van der Waals surface area contributed by atoms with E-state index in [-0.39, 0.29) is 23.8 Å². The fraction of sp³-hybridized carbons (Fsp3) is 0.414. The van der Waals surface area contributed by atoms with Crippen LogP contribution < -0.4 is 4.74 Å². The second kappa shape index (κ2) is 12.2. The van der Waals surface area contributed by atoms with Gasteiger partial charge in [-0.25, -0.2) is 4.98 Å². The number of ether oxygens (including phenoxy) is 1. The quantitative estimate of drug-likeness (QED) is 0.312. The Bertz CT molecular complexity index is 1250. The Hall–Kier alpha value is -2.38. The summed E-state index contributed by atoms with van der Waals surface area (Å²) in [6.07, 6.45) is 6.51. The van der Waals surface area contributed by atoms with E-state index in [2.05, 4.69) is 14.9 Å². The molecule has 38 heavy (non-hydrogen) atoms. The van der Waals surface area contributed by atoms with Gasteiger partial charge in [0.25, 0.3) is 5.91 Å². The number of carbonyl (C=O) groups is 1. The Morgan fingerprint density at radius 2 is 1.82 bits per heavy atom. The molecule has 0 saturated carbocycles. The molecule has 6 nitrogen and oxygen atoms in total. The maximum absolute atomic E-state index is 13.5. The van der Waals surface area contributed by atoms with Crippen LogP contribution in [0.15, 0.2) is 54.9 Å². The van der Waals surface area contributed by atoms with Crippen molar-refractivity contribution >= 4 is 40.7 Å². The molecule has 2 fully saturated rings. The van der Waals surface area contributed by atoms with Crippen molar-refractivity contribution in [2.45, 2.75) is 38.2 Å². The molecule has 2 saturated heterocycles. The third-order valence-corrected chi connectivity index (χ3v) is 8.55. The summed E-state index contributed by atoms with van der Waals surface area (Å²) in [6, 6.07) is 13.0. The van der Waals surface area contributed by atoms with E-state index < -0.39 is 0 Å². The highest BCUT2D eigenvalue weighted by Crippen LogP contribution is 2.38. The summed E-state index contributed by atoms with van der Waals surface area (Å²) in [4.78, 5) is 26.8. The lowest BCUT2D eigenvalue weighted by molar-refractivity contribution is 0.0769. The molecule has 2 aliphatic heterocycles. The molecule has 0 spiro atoms. The molecule has 5 rings (SSSR count). The average molecular weight is 574 g/mol. The number of pyridine rings is 2. The Morgan fingerprint density at radius 1 is 1.00 bits per heavy atom. The van der Waals surface area contributed by atoms with Crippen molar-refractivity contribution in [2.24, 2.45) is 5.92 Å². The molecular weight excluding hydrogens is 543 g/mol. The lowest BCUT2D eigenvalue weighted by Gasteiger charge is -2.25. The van der Waals surface area contributed by atoms with Crippen LogP contribution in [0.5, 0.6) is 5.88 Å². The van der Waals surface area contributed by atoms with E-state index in [0.717, 1.165) is 24.2 Å². The van der Waals surface area contributed by atoms with Crippen LogP contribution in [-0.2, 0) is 6.42 Å². The van der Waals surface area contributed by atoms with Crippen LogP contribution in [0.2, 0.25) is 15.1 Å². The van der Waals surface area contributed by atoms with Crippen molar-refractivity contribution in [3.63, 3.8) is 0 Å². The molecule has 1 amide bonds. The van der Waals surface area contributed by atoms with Gasteiger partial charge in [-0.15, -0.1) is 0 Å². The minimum Gasteiger partial charge on any atom is -0.474 e. The van der Waals surface area contributed by atoms with Gasteiger partial charge in [-0.1, -0.05) is 40.9 Å². The molecule has 2 aromatic heterocycles. The van der Waals surface area contributed by atoms with Gasteiger partial charge in [0.05, 0.1) is 20.6 Å². The molecule has 3 atom stereocenters. The zero-order chi connectivity index (χ0) is 26.6. The average Bonchev–Trinajstić information content (AvgIpc) is 3.61. The number of benzene rings is 1. The Balaban J connectivity index is 1.31. The number of aromatic nitrogens is 2. The fourth-order valence-electron chi connectivity index (χ4n) is 5.44. The monoisotopic (exact) mass is 572 g/mol. The molecule has 0 bridgehead atoms. The van der Waals surface area contributed by atoms with E-state index in [0.29, 0.717) is 39.6 Å². The second-order valence-corrected chi connectivity index (χ2v) is 11.4. The SMILES string of the molecule is C[C@H](Oc1ccc(Cl)cn1)[C@@H]1CN(C(=O)c2ccc(CCN3CCCC3)nc2)C[C@@H]1c1ccc(Cl)c(Cl)c1. The van der Waals surface area contributed by atoms with Crippen LogP contribution in [0.3, 0.4) is 0 Å². The number of hydrogen-bond donors (Lipinski definition) is 0. The van der Waals surface area contributed by atoms with Crippen LogP contribution >= 0.6 is 34.8 Å². The predicted molar refractivity (Wildman–Crippen MR) is 152 cm³/mol. The first-order chi connectivity index (χ1) is 18.4. The van der Waals surface area contributed by atoms with E-state index in [4.69, 9.17) is 39.5 Å². The van der Waals surface area contributed by atoms with Crippen molar-refractivity contribution in [1.82, 2.24) is 19.8 Å². The standard InChI is InChI=1S/C29H31Cl3N4O2/c1-19(38-28-9-6-22(30)16-34-28)24-17-36(18-25(24)20-5-8-26(31)27(32)14-20)29(37)21-4-7-23(33-15-21)10-13-35-11-2-3-12-35/h4-9,14-16,19,24-25H,2-3,10-13,17-18H2,1H3/t19-,24-,25+/m0/s1. The lowest BCUT2D eigenvalue weighted by Crippen LogP contribution is -2.32. The van der Waals surface area contributed by atoms with Crippen LogP contribution in [0.4, 0.5) is 0 Å². The molecule has 3 aromatic rings. The number of nitrogens with zero attached hydrogens (tertiary/aromatic N) is 4. The molecule has 0 radical (unpaired) electrons. The van der Waals surface area contributed by atoms with Gasteiger partial charge in [0, 0.05) is 62.0 Å². The molecule has 0 unspecified atom stereocenters. The maximum atomic E-state index is 13.5. The summed E-state index contributed by atoms with van der Waals surface area (Å²) < 4.78 is 6.19. The van der Waals surface area contributed by atoms with Crippen LogP contribution in [0, 0.1) is 5.92 Å². The Morgan fingerprint density at radius 3 is 2.50 bits per heavy atom. The minimum atomic E-state index is -0.216. The predicted octanol–water partition coefficient (Wildman–Crippen LogP) is 6.40. The number of rotatable bonds is 8. The topological polar surface area (TPSA) is 58.6 Å². The number of hydrogen-bond acceptors (Lipinski definition) is 5. The van der Waals surface area contributed by atoms with Gasteiger partial charge >= 0.3 is 0 Å². The van der Waals surface area contributed by atoms with Gasteiger partial charge < -0.3 is 14.5 Å². The van der Waals surface area contributed by atoms with Crippen molar-refractivity contribution in [3.8, 4) is 5.88 Å². The maximum Gasteiger partial charge on any atom is 0.255 e. The number of amides is 1. The number of halogens is 3. The Kier molecular flexibility index (Phi) is 8.74. The molecular formula is C29H31Cl3N4O2. The van der Waals surface area contributed by atoms with Gasteiger partial charge in [0.1, 0.15) is 6.10 Å². The largest absolute Gasteiger partial charge is 0.474 e. The van der Waals surface area contributed by atoms with Gasteiger partial charge in [-0.2, -0.15) is 0 Å². The van der Waals surface area contributed by atoms with Crippen LogP contribution in [0.25, 0.3) is 0 Å². The van der Waals surface area contributed by atoms with Crippen molar-refractivity contribution in [2.75, 3.05) is 32.7 Å². The van der Waals surface area contributed by atoms with E-state index in [9.17, 15) is 4.79 Å². The zero-order valence-corrected chi connectivity index (χ0v) is 23.6. The van der Waals surface area contributed by atoms with Crippen molar-refractivity contribution < 1.29 is 9.53 Å². The normalized spacial score (nSPS) is 20.6. The molecule has 2 aliphatic rings. The molecule has 0 aliphatic carbocycles. The molecule has 9 heteroatoms. The lowest BCUT2D eigenvalue weighted by atomic mass is 9.86. The van der Waals surface area contributed by atoms with E-state index in [1.807, 2.05) is 36.1 Å². The summed E-state index contributed by atoms with van der Waals surface area (Å²) in [7, 11) is 0. The van der Waals surface area contributed by atoms with E-state index >= 15 is 0 Å². The molecule has 200 valence electrons. The molecule has 1 aromatic carbocycles. The highest BCUT2D eigenvalue weighted by atomic mass is 35.5. The summed E-state index contributed by atoms with van der Waals surface area (Å²) in [5.74, 6) is 0.492. The van der Waals surface area contributed by atoms with Crippen LogP contribution in [-0.4, -0.2) is 64.5 Å². The van der Waals surface area contributed by atoms with Crippen LogP contribution in [0.1, 0.15) is 47.3 Å². The molecule has 0 N–H and O–H groups in total. The van der Waals surface area contributed by atoms with E-state index in [1.54, 1.807) is 30.6 Å². The highest BCUT2D eigenvalue weighted by molar-refractivity contribution is 6.42. The second-order valence-electron chi connectivity index (χ2n) is 10.1. The Labute approximate surface area is 238 Å². The third-order valence-electron chi connectivity index (χ3n) is 7.59. The number of likely N-dealkylation sites (tertiary alicyclic amines) is 2. The first kappa shape index (κ1) is 27.2. The highest BCUT2D eigenvalue weighted by Gasteiger charge is 2.40. The van der Waals surface area contributed by atoms with Crippen molar-refractivity contribution in [1.29, 1.82) is 0 Å². The van der Waals surface area contributed by atoms with E-state index in [1.165, 1.54) is 25.9 Å². The summed E-state index contributed by atoms with van der Waals surface area (Å²) in [5.41, 5.74) is 2.63. The zero-order valence-electron chi connectivity index (χ0n) is 21.3. The van der Waals surface area contributed by atoms with Crippen molar-refractivity contribution in [3.05, 3.63) is 86.7 Å². The summed E-state index contributed by atoms with van der Waals surface area (Å²) in [6.45, 7) is 6.44. The first-order valence-corrected chi connectivity index (χ1v) is 14.2. The van der Waals surface area contributed by atoms with Gasteiger partial charge in [0.2, 0.25) is 5.88 Å². The van der Waals surface area contributed by atoms with Gasteiger partial charge in [0.15, 0.2) is 0 Å². The fourth-order valence-corrected chi connectivity index (χ4v) is 5.85. The van der Waals surface area contributed by atoms with Gasteiger partial charge in [-0.3, -0.25) is 9.78 Å². The smallest absolute Gasteiger partial charge is 0.255 e. The first-order valence-electron chi connectivity index (χ1n) is 13.1. The minimum absolute atomic E-state index is 0.0152. The third kappa shape index (κ3) is 6.42. The summed E-state index contributed by atoms with van der Waals surface area (Å²) >= 11 is 18.5. The van der Waals surface area contributed by atoms with Gasteiger partial charge in [-0.05, 0) is 68.8 Å². The summed E-state index contributed by atoms with van der Waals surface area (Å²) in [5, 5.41) is 1.55.